The minimum Gasteiger partial charge on any atom is -0.375 e. The van der Waals surface area contributed by atoms with Crippen LogP contribution in [0.5, 0.6) is 0 Å². The van der Waals surface area contributed by atoms with E-state index in [-0.39, 0.29) is 5.60 Å². The average molecular weight is 245 g/mol. The minimum absolute atomic E-state index is 0.00203. The summed E-state index contributed by atoms with van der Waals surface area (Å²) >= 11 is 2.11. The van der Waals surface area contributed by atoms with Crippen LogP contribution < -0.4 is 5.32 Å². The van der Waals surface area contributed by atoms with Crippen LogP contribution in [0, 0.1) is 0 Å². The van der Waals surface area contributed by atoms with Crippen molar-refractivity contribution in [3.05, 3.63) is 0 Å². The van der Waals surface area contributed by atoms with Gasteiger partial charge in [-0.15, -0.1) is 0 Å². The first-order valence-corrected chi connectivity index (χ1v) is 7.55. The summed E-state index contributed by atoms with van der Waals surface area (Å²) in [5.74, 6) is 1.25. The molecular formula is C13H27NOS. The van der Waals surface area contributed by atoms with Crippen LogP contribution in [-0.2, 0) is 4.74 Å². The van der Waals surface area contributed by atoms with Gasteiger partial charge in [0.05, 0.1) is 12.2 Å². The summed E-state index contributed by atoms with van der Waals surface area (Å²) in [5, 5.41) is 4.50. The van der Waals surface area contributed by atoms with E-state index >= 15 is 0 Å². The first-order chi connectivity index (χ1) is 7.51. The Bertz CT molecular complexity index is 191. The molecule has 2 nitrogen and oxygen atoms in total. The fourth-order valence-electron chi connectivity index (χ4n) is 2.13. The van der Waals surface area contributed by atoms with Crippen LogP contribution in [0.1, 0.15) is 47.0 Å². The summed E-state index contributed by atoms with van der Waals surface area (Å²) in [6.07, 6.45) is 4.07. The third-order valence-corrected chi connectivity index (χ3v) is 4.09. The van der Waals surface area contributed by atoms with Gasteiger partial charge in [0.15, 0.2) is 0 Å². The maximum atomic E-state index is 5.70. The first kappa shape index (κ1) is 14.3. The topological polar surface area (TPSA) is 21.3 Å². The van der Waals surface area contributed by atoms with Gasteiger partial charge >= 0.3 is 0 Å². The van der Waals surface area contributed by atoms with E-state index < -0.39 is 0 Å². The van der Waals surface area contributed by atoms with E-state index in [1.165, 1.54) is 25.0 Å². The Kier molecular flexibility index (Phi) is 6.16. The second-order valence-corrected chi connectivity index (χ2v) is 7.08. The highest BCUT2D eigenvalue weighted by atomic mass is 32.2. The van der Waals surface area contributed by atoms with Gasteiger partial charge in [0.1, 0.15) is 0 Å². The number of ether oxygens (including phenoxy) is 1. The van der Waals surface area contributed by atoms with E-state index in [0.29, 0.717) is 0 Å². The third-order valence-electron chi connectivity index (χ3n) is 2.86. The van der Waals surface area contributed by atoms with E-state index in [1.54, 1.807) is 0 Å². The third kappa shape index (κ3) is 6.12. The molecule has 1 N–H and O–H groups in total. The average Bonchev–Trinajstić information content (AvgIpc) is 2.60. The number of thioether (sulfide) groups is 1. The van der Waals surface area contributed by atoms with Crippen LogP contribution in [0.3, 0.4) is 0 Å². The second-order valence-electron chi connectivity index (χ2n) is 5.50. The van der Waals surface area contributed by atoms with Gasteiger partial charge in [-0.3, -0.25) is 0 Å². The molecule has 0 radical (unpaired) electrons. The molecule has 0 saturated heterocycles. The Morgan fingerprint density at radius 2 is 2.06 bits per heavy atom. The summed E-state index contributed by atoms with van der Waals surface area (Å²) in [4.78, 5) is 0. The molecule has 96 valence electrons. The van der Waals surface area contributed by atoms with Crippen molar-refractivity contribution in [3.63, 3.8) is 0 Å². The summed E-state index contributed by atoms with van der Waals surface area (Å²) in [5.41, 5.74) is -0.00203. The van der Waals surface area contributed by atoms with Crippen LogP contribution in [0.15, 0.2) is 0 Å². The standard InChI is InChI=1S/C13H27NOS/c1-5-16-12-7-6-11(10-12)14-8-9-15-13(2,3)4/h11-12,14H,5-10H2,1-4H3. The maximum absolute atomic E-state index is 5.70. The molecule has 0 bridgehead atoms. The SMILES string of the molecule is CCSC1CCC(NCCOC(C)(C)C)C1. The molecule has 0 spiro atoms. The number of hydrogen-bond donors (Lipinski definition) is 1. The molecule has 0 amide bonds. The molecule has 0 aliphatic heterocycles. The van der Waals surface area contributed by atoms with Crippen molar-refractivity contribution in [2.24, 2.45) is 0 Å². The minimum atomic E-state index is -0.00203. The van der Waals surface area contributed by atoms with E-state index in [4.69, 9.17) is 4.74 Å². The molecule has 1 saturated carbocycles. The number of rotatable bonds is 6. The predicted molar refractivity (Wildman–Crippen MR) is 73.3 cm³/mol. The first-order valence-electron chi connectivity index (χ1n) is 6.50. The summed E-state index contributed by atoms with van der Waals surface area (Å²) in [7, 11) is 0. The molecule has 0 heterocycles. The van der Waals surface area contributed by atoms with E-state index in [2.05, 4.69) is 44.8 Å². The zero-order chi connectivity index (χ0) is 12.0. The van der Waals surface area contributed by atoms with E-state index in [9.17, 15) is 0 Å². The fraction of sp³-hybridized carbons (Fsp3) is 1.00. The lowest BCUT2D eigenvalue weighted by Gasteiger charge is -2.20. The van der Waals surface area contributed by atoms with E-state index in [1.807, 2.05) is 0 Å². The highest BCUT2D eigenvalue weighted by Gasteiger charge is 2.23. The van der Waals surface area contributed by atoms with Gasteiger partial charge in [0, 0.05) is 17.8 Å². The Morgan fingerprint density at radius 3 is 2.69 bits per heavy atom. The van der Waals surface area contributed by atoms with E-state index in [0.717, 1.165) is 24.4 Å². The van der Waals surface area contributed by atoms with Crippen molar-refractivity contribution in [2.45, 2.75) is 63.9 Å². The highest BCUT2D eigenvalue weighted by Crippen LogP contribution is 2.29. The van der Waals surface area contributed by atoms with Crippen LogP contribution >= 0.6 is 11.8 Å². The monoisotopic (exact) mass is 245 g/mol. The van der Waals surface area contributed by atoms with Gasteiger partial charge in [-0.1, -0.05) is 6.92 Å². The molecule has 2 unspecified atom stereocenters. The summed E-state index contributed by atoms with van der Waals surface area (Å²) in [6.45, 7) is 10.4. The number of nitrogens with one attached hydrogen (secondary N) is 1. The van der Waals surface area contributed by atoms with Crippen LogP contribution in [0.25, 0.3) is 0 Å². The zero-order valence-electron chi connectivity index (χ0n) is 11.2. The molecule has 2 atom stereocenters. The quantitative estimate of drug-likeness (QED) is 0.727. The van der Waals surface area contributed by atoms with Crippen molar-refractivity contribution in [1.82, 2.24) is 5.32 Å². The Balaban J connectivity index is 2.02. The molecule has 1 fully saturated rings. The summed E-state index contributed by atoms with van der Waals surface area (Å²) < 4.78 is 5.70. The maximum Gasteiger partial charge on any atom is 0.0599 e. The van der Waals surface area contributed by atoms with Crippen molar-refractivity contribution < 1.29 is 4.74 Å². The second kappa shape index (κ2) is 6.87. The van der Waals surface area contributed by atoms with Crippen molar-refractivity contribution in [2.75, 3.05) is 18.9 Å². The van der Waals surface area contributed by atoms with Crippen LogP contribution in [-0.4, -0.2) is 35.8 Å². The van der Waals surface area contributed by atoms with Gasteiger partial charge in [0.25, 0.3) is 0 Å². The predicted octanol–water partition coefficient (Wildman–Crippen LogP) is 3.07. The lowest BCUT2D eigenvalue weighted by molar-refractivity contribution is -0.00156. The molecule has 3 heteroatoms. The lowest BCUT2D eigenvalue weighted by atomic mass is 10.2. The zero-order valence-corrected chi connectivity index (χ0v) is 12.0. The molecule has 16 heavy (non-hydrogen) atoms. The Labute approximate surface area is 105 Å². The molecule has 0 aromatic heterocycles. The molecule has 1 aliphatic carbocycles. The number of hydrogen-bond acceptors (Lipinski definition) is 3. The fourth-order valence-corrected chi connectivity index (χ4v) is 3.28. The molecular weight excluding hydrogens is 218 g/mol. The van der Waals surface area contributed by atoms with Crippen molar-refractivity contribution in [3.8, 4) is 0 Å². The highest BCUT2D eigenvalue weighted by molar-refractivity contribution is 7.99. The van der Waals surface area contributed by atoms with Gasteiger partial charge in [-0.2, -0.15) is 11.8 Å². The Morgan fingerprint density at radius 1 is 1.31 bits per heavy atom. The normalized spacial score (nSPS) is 26.2. The van der Waals surface area contributed by atoms with Crippen molar-refractivity contribution in [1.29, 1.82) is 0 Å². The summed E-state index contributed by atoms with van der Waals surface area (Å²) in [6, 6.07) is 0.729. The van der Waals surface area contributed by atoms with Gasteiger partial charge in [-0.25, -0.2) is 0 Å². The molecule has 0 aromatic rings. The van der Waals surface area contributed by atoms with Crippen molar-refractivity contribution >= 4 is 11.8 Å². The largest absolute Gasteiger partial charge is 0.375 e. The van der Waals surface area contributed by atoms with Crippen LogP contribution in [0.4, 0.5) is 0 Å². The van der Waals surface area contributed by atoms with Gasteiger partial charge in [-0.05, 0) is 45.8 Å². The molecule has 1 aliphatic rings. The van der Waals surface area contributed by atoms with Gasteiger partial charge in [0.2, 0.25) is 0 Å². The lowest BCUT2D eigenvalue weighted by Crippen LogP contribution is -2.32. The van der Waals surface area contributed by atoms with Gasteiger partial charge < -0.3 is 10.1 Å². The smallest absolute Gasteiger partial charge is 0.0599 e. The van der Waals surface area contributed by atoms with Crippen LogP contribution in [0.2, 0.25) is 0 Å². The molecule has 1 rings (SSSR count). The molecule has 0 aromatic carbocycles. The Hall–Kier alpha value is 0.270.